The van der Waals surface area contributed by atoms with Crippen molar-refractivity contribution in [2.45, 2.75) is 97.3 Å². The summed E-state index contributed by atoms with van der Waals surface area (Å²) in [4.78, 5) is 15.3. The van der Waals surface area contributed by atoms with Gasteiger partial charge in [0.25, 0.3) is 0 Å². The first-order valence-corrected chi connectivity index (χ1v) is 15.2. The Morgan fingerprint density at radius 1 is 0.649 bits per heavy atom. The quantitative estimate of drug-likeness (QED) is 0.0950. The summed E-state index contributed by atoms with van der Waals surface area (Å²) in [5.41, 5.74) is 1.69. The third kappa shape index (κ3) is 10.7. The number of thiophene rings is 1. The number of hydrogen-bond donors (Lipinski definition) is 0. The molecule has 4 heteroatoms. The van der Waals surface area contributed by atoms with Crippen molar-refractivity contribution in [3.8, 4) is 21.9 Å². The average molecular weight is 521 g/mol. The predicted octanol–water partition coefficient (Wildman–Crippen LogP) is 10.3. The molecule has 200 valence electrons. The van der Waals surface area contributed by atoms with Crippen molar-refractivity contribution in [3.63, 3.8) is 0 Å². The number of rotatable bonds is 18. The van der Waals surface area contributed by atoms with Crippen LogP contribution in [0, 0.1) is 0 Å². The molecule has 0 fully saturated rings. The minimum absolute atomic E-state index is 0.345. The summed E-state index contributed by atoms with van der Waals surface area (Å²) in [5, 5.41) is 0. The Bertz CT molecular complexity index is 1020. The number of ether oxygens (including phenoxy) is 2. The van der Waals surface area contributed by atoms with E-state index in [1.807, 2.05) is 47.7 Å². The number of unbranched alkanes of at least 4 members (excludes halogenated alkanes) is 10. The first kappa shape index (κ1) is 29.0. The number of esters is 1. The van der Waals surface area contributed by atoms with Gasteiger partial charge in [0.05, 0.1) is 12.2 Å². The van der Waals surface area contributed by atoms with Gasteiger partial charge < -0.3 is 9.47 Å². The molecule has 3 rings (SSSR count). The zero-order valence-electron chi connectivity index (χ0n) is 22.8. The highest BCUT2D eigenvalue weighted by atomic mass is 32.1. The first-order chi connectivity index (χ1) is 18.2. The van der Waals surface area contributed by atoms with Gasteiger partial charge in [0.2, 0.25) is 0 Å². The Morgan fingerprint density at radius 3 is 1.92 bits per heavy atom. The van der Waals surface area contributed by atoms with E-state index in [4.69, 9.17) is 9.47 Å². The molecule has 0 aliphatic carbocycles. The second-order valence-corrected chi connectivity index (χ2v) is 11.0. The van der Waals surface area contributed by atoms with Crippen molar-refractivity contribution in [1.82, 2.24) is 0 Å². The lowest BCUT2D eigenvalue weighted by atomic mass is 10.1. The summed E-state index contributed by atoms with van der Waals surface area (Å²) < 4.78 is 11.4. The molecule has 0 saturated carbocycles. The maximum absolute atomic E-state index is 12.6. The SMILES string of the molecule is CCCCCCCCOc1ccc(OC(=O)c2ccc(-c3ccc(CCCCCCCC)s3)cc2)cc1. The number of carbonyl (C=O) groups excluding carboxylic acids is 1. The van der Waals surface area contributed by atoms with Gasteiger partial charge in [-0.2, -0.15) is 0 Å². The molecule has 0 N–H and O–H groups in total. The molecule has 1 aromatic heterocycles. The average Bonchev–Trinajstić information content (AvgIpc) is 3.40. The molecule has 0 saturated heterocycles. The van der Waals surface area contributed by atoms with Crippen molar-refractivity contribution < 1.29 is 14.3 Å². The fourth-order valence-electron chi connectivity index (χ4n) is 4.36. The molecule has 0 radical (unpaired) electrons. The van der Waals surface area contributed by atoms with Crippen LogP contribution in [-0.4, -0.2) is 12.6 Å². The van der Waals surface area contributed by atoms with Crippen molar-refractivity contribution in [3.05, 3.63) is 71.1 Å². The maximum Gasteiger partial charge on any atom is 0.343 e. The van der Waals surface area contributed by atoms with Crippen LogP contribution in [0.1, 0.15) is 106 Å². The van der Waals surface area contributed by atoms with Crippen LogP contribution in [0.25, 0.3) is 10.4 Å². The van der Waals surface area contributed by atoms with Crippen LogP contribution in [0.4, 0.5) is 0 Å². The zero-order chi connectivity index (χ0) is 26.1. The summed E-state index contributed by atoms with van der Waals surface area (Å²) in [7, 11) is 0. The number of hydrogen-bond acceptors (Lipinski definition) is 4. The third-order valence-electron chi connectivity index (χ3n) is 6.64. The molecular weight excluding hydrogens is 476 g/mol. The van der Waals surface area contributed by atoms with E-state index in [0.717, 1.165) is 30.8 Å². The predicted molar refractivity (Wildman–Crippen MR) is 157 cm³/mol. The molecule has 37 heavy (non-hydrogen) atoms. The Hall–Kier alpha value is -2.59. The highest BCUT2D eigenvalue weighted by Crippen LogP contribution is 2.30. The smallest absolute Gasteiger partial charge is 0.343 e. The van der Waals surface area contributed by atoms with Crippen molar-refractivity contribution in [1.29, 1.82) is 0 Å². The van der Waals surface area contributed by atoms with Crippen LogP contribution in [0.3, 0.4) is 0 Å². The second-order valence-electron chi connectivity index (χ2n) is 9.84. The molecule has 3 nitrogen and oxygen atoms in total. The summed E-state index contributed by atoms with van der Waals surface area (Å²) in [5.74, 6) is 0.991. The van der Waals surface area contributed by atoms with E-state index in [1.165, 1.54) is 80.4 Å². The van der Waals surface area contributed by atoms with Crippen LogP contribution in [0.2, 0.25) is 0 Å². The molecular formula is C33H44O3S. The Labute approximate surface area is 228 Å². The summed E-state index contributed by atoms with van der Waals surface area (Å²) >= 11 is 1.86. The summed E-state index contributed by atoms with van der Waals surface area (Å²) in [6.45, 7) is 5.22. The maximum atomic E-state index is 12.6. The van der Waals surface area contributed by atoms with Crippen molar-refractivity contribution in [2.24, 2.45) is 0 Å². The highest BCUT2D eigenvalue weighted by molar-refractivity contribution is 7.15. The van der Waals surface area contributed by atoms with Crippen molar-refractivity contribution >= 4 is 17.3 Å². The van der Waals surface area contributed by atoms with Crippen LogP contribution in [0.5, 0.6) is 11.5 Å². The largest absolute Gasteiger partial charge is 0.494 e. The molecule has 0 aliphatic heterocycles. The van der Waals surface area contributed by atoms with Gasteiger partial charge in [-0.25, -0.2) is 4.79 Å². The Kier molecular flexibility index (Phi) is 13.3. The zero-order valence-corrected chi connectivity index (χ0v) is 23.6. The highest BCUT2D eigenvalue weighted by Gasteiger charge is 2.10. The van der Waals surface area contributed by atoms with E-state index >= 15 is 0 Å². The summed E-state index contributed by atoms with van der Waals surface area (Å²) in [6.07, 6.45) is 16.6. The first-order valence-electron chi connectivity index (χ1n) is 14.3. The van der Waals surface area contributed by atoms with Crippen LogP contribution in [-0.2, 0) is 6.42 Å². The summed E-state index contributed by atoms with van der Waals surface area (Å²) in [6, 6.07) is 19.5. The number of carbonyl (C=O) groups is 1. The lowest BCUT2D eigenvalue weighted by molar-refractivity contribution is 0.0734. The minimum Gasteiger partial charge on any atom is -0.494 e. The minimum atomic E-state index is -0.345. The van der Waals surface area contributed by atoms with Crippen LogP contribution < -0.4 is 9.47 Å². The molecule has 0 atom stereocenters. The van der Waals surface area contributed by atoms with Gasteiger partial charge in [-0.3, -0.25) is 0 Å². The number of benzene rings is 2. The van der Waals surface area contributed by atoms with E-state index in [1.54, 1.807) is 12.1 Å². The standard InChI is InChI=1S/C33H44O3S/c1-3-5-7-9-11-13-15-31-24-25-32(37-31)27-16-18-28(19-17-27)33(34)36-30-22-20-29(21-23-30)35-26-14-12-10-8-6-4-2/h16-25H,3-15,26H2,1-2H3. The van der Waals surface area contributed by atoms with Gasteiger partial charge in [0, 0.05) is 9.75 Å². The van der Waals surface area contributed by atoms with Crippen molar-refractivity contribution in [2.75, 3.05) is 6.61 Å². The molecule has 3 aromatic rings. The van der Waals surface area contributed by atoms with E-state index in [-0.39, 0.29) is 5.97 Å². The molecule has 0 aliphatic rings. The van der Waals surface area contributed by atoms with Gasteiger partial charge in [0.15, 0.2) is 0 Å². The van der Waals surface area contributed by atoms with Gasteiger partial charge in [-0.05, 0) is 73.4 Å². The van der Waals surface area contributed by atoms with E-state index in [0.29, 0.717) is 11.3 Å². The Balaban J connectivity index is 1.40. The Morgan fingerprint density at radius 2 is 1.24 bits per heavy atom. The lowest BCUT2D eigenvalue weighted by Crippen LogP contribution is -2.08. The lowest BCUT2D eigenvalue weighted by Gasteiger charge is -2.08. The van der Waals surface area contributed by atoms with Gasteiger partial charge >= 0.3 is 5.97 Å². The molecule has 2 aromatic carbocycles. The topological polar surface area (TPSA) is 35.5 Å². The van der Waals surface area contributed by atoms with E-state index in [2.05, 4.69) is 26.0 Å². The number of aryl methyl sites for hydroxylation is 1. The normalized spacial score (nSPS) is 11.0. The molecule has 1 heterocycles. The molecule has 0 bridgehead atoms. The van der Waals surface area contributed by atoms with E-state index in [9.17, 15) is 4.79 Å². The fraction of sp³-hybridized carbons (Fsp3) is 0.485. The van der Waals surface area contributed by atoms with Crippen LogP contribution >= 0.6 is 11.3 Å². The molecule has 0 amide bonds. The fourth-order valence-corrected chi connectivity index (χ4v) is 5.41. The van der Waals surface area contributed by atoms with E-state index < -0.39 is 0 Å². The van der Waals surface area contributed by atoms with Crippen LogP contribution in [0.15, 0.2) is 60.7 Å². The van der Waals surface area contributed by atoms with Gasteiger partial charge in [-0.1, -0.05) is 90.2 Å². The monoisotopic (exact) mass is 520 g/mol. The molecule has 0 spiro atoms. The third-order valence-corrected chi connectivity index (χ3v) is 7.84. The second kappa shape index (κ2) is 17.0. The van der Waals surface area contributed by atoms with Gasteiger partial charge in [0.1, 0.15) is 11.5 Å². The van der Waals surface area contributed by atoms with Gasteiger partial charge in [-0.15, -0.1) is 11.3 Å². The molecule has 0 unspecified atom stereocenters.